The van der Waals surface area contributed by atoms with E-state index < -0.39 is 59.6 Å². The van der Waals surface area contributed by atoms with E-state index in [2.05, 4.69) is 26.3 Å². The monoisotopic (exact) mass is 784 g/mol. The van der Waals surface area contributed by atoms with Crippen molar-refractivity contribution in [2.24, 2.45) is 0 Å². The minimum absolute atomic E-state index is 0.0201. The summed E-state index contributed by atoms with van der Waals surface area (Å²) >= 11 is 0. The van der Waals surface area contributed by atoms with Gasteiger partial charge in [-0.25, -0.2) is 14.6 Å². The van der Waals surface area contributed by atoms with E-state index in [4.69, 9.17) is 18.9 Å². The second-order valence-electron chi connectivity index (χ2n) is 14.4. The number of esters is 1. The minimum Gasteiger partial charge on any atom is -0.459 e. The van der Waals surface area contributed by atoms with Crippen LogP contribution in [0.25, 0.3) is 0 Å². The highest BCUT2D eigenvalue weighted by molar-refractivity contribution is 5.94. The maximum Gasteiger partial charge on any atom is 0.408 e. The number of amides is 4. The fraction of sp³-hybridized carbons (Fsp3) is 0.381. The lowest BCUT2D eigenvalue weighted by Crippen LogP contribution is -2.58. The molecule has 0 aliphatic rings. The average Bonchev–Trinajstić information content (AvgIpc) is 3.63. The lowest BCUT2D eigenvalue weighted by Gasteiger charge is -2.25. The number of rotatable bonds is 20. The van der Waals surface area contributed by atoms with Crippen molar-refractivity contribution in [1.82, 2.24) is 30.8 Å². The fourth-order valence-corrected chi connectivity index (χ4v) is 5.25. The minimum atomic E-state index is -1.26. The third-order valence-electron chi connectivity index (χ3n) is 8.18. The second-order valence-corrected chi connectivity index (χ2v) is 14.4. The summed E-state index contributed by atoms with van der Waals surface area (Å²) in [5.41, 5.74) is 2.26. The largest absolute Gasteiger partial charge is 0.459 e. The van der Waals surface area contributed by atoms with Gasteiger partial charge in [-0.2, -0.15) is 0 Å². The van der Waals surface area contributed by atoms with Crippen LogP contribution in [0.2, 0.25) is 0 Å². The van der Waals surface area contributed by atoms with Gasteiger partial charge in [-0.15, -0.1) is 0 Å². The molecule has 1 heterocycles. The molecule has 3 aromatic carbocycles. The van der Waals surface area contributed by atoms with Gasteiger partial charge in [0, 0.05) is 12.6 Å². The van der Waals surface area contributed by atoms with Crippen molar-refractivity contribution < 1.29 is 42.9 Å². The number of aromatic nitrogens is 2. The number of carbonyl (C=O) groups is 5. The maximum atomic E-state index is 13.7. The van der Waals surface area contributed by atoms with Gasteiger partial charge in [0.05, 0.1) is 31.8 Å². The number of alkyl carbamates (subject to hydrolysis) is 1. The number of hydrogen-bond donors (Lipinski definition) is 4. The summed E-state index contributed by atoms with van der Waals surface area (Å²) < 4.78 is 24.0. The Morgan fingerprint density at radius 2 is 1.18 bits per heavy atom. The van der Waals surface area contributed by atoms with Crippen molar-refractivity contribution >= 4 is 29.8 Å². The Hall–Kier alpha value is -6.06. The molecule has 0 bridgehead atoms. The summed E-state index contributed by atoms with van der Waals surface area (Å²) in [4.78, 5) is 70.5. The number of hydrogen-bond acceptors (Lipinski definition) is 10. The quantitative estimate of drug-likeness (QED) is 0.0957. The predicted molar refractivity (Wildman–Crippen MR) is 210 cm³/mol. The van der Waals surface area contributed by atoms with Gasteiger partial charge in [-0.3, -0.25) is 14.4 Å². The number of nitrogens with zero attached hydrogens (tertiary/aromatic N) is 2. The first-order chi connectivity index (χ1) is 27.3. The zero-order valence-electron chi connectivity index (χ0n) is 32.9. The Bertz CT molecular complexity index is 1880. The Morgan fingerprint density at radius 1 is 0.649 bits per heavy atom. The van der Waals surface area contributed by atoms with Crippen LogP contribution in [0.15, 0.2) is 104 Å². The standard InChI is InChI=1S/C42H52N6O9/c1-29(44-38(50)35(47-41(53)57-42(3,4)5)21-34-22-48(27-43-34)28-55-24-32-17-11-7-12-18-32)37(49)46-36(26-54-23-31-15-9-6-10-16-31)39(51)45-30(2)40(52)56-25-33-19-13-8-14-20-33/h6-20,22,27,29-30,35-36H,21,23-26,28H2,1-5H3,(H,44,50)(H,45,51)(H,46,49)(H,47,53)/t29-,30-,35+,36+/m1/s1. The zero-order chi connectivity index (χ0) is 41.2. The van der Waals surface area contributed by atoms with Crippen molar-refractivity contribution in [3.63, 3.8) is 0 Å². The van der Waals surface area contributed by atoms with Crippen LogP contribution in [-0.2, 0) is 71.1 Å². The van der Waals surface area contributed by atoms with Crippen LogP contribution in [0, 0.1) is 0 Å². The van der Waals surface area contributed by atoms with Crippen molar-refractivity contribution in [3.05, 3.63) is 126 Å². The molecule has 0 aliphatic carbocycles. The normalized spacial score (nSPS) is 13.3. The van der Waals surface area contributed by atoms with Crippen molar-refractivity contribution in [2.75, 3.05) is 6.61 Å². The summed E-state index contributed by atoms with van der Waals surface area (Å²) in [5.74, 6) is -2.79. The Labute approximate surface area is 332 Å². The van der Waals surface area contributed by atoms with Gasteiger partial charge in [0.15, 0.2) is 0 Å². The number of ether oxygens (including phenoxy) is 4. The van der Waals surface area contributed by atoms with Crippen molar-refractivity contribution in [2.45, 2.75) is 97.4 Å². The van der Waals surface area contributed by atoms with E-state index in [1.54, 1.807) is 50.0 Å². The van der Waals surface area contributed by atoms with E-state index in [0.717, 1.165) is 16.7 Å². The van der Waals surface area contributed by atoms with Gasteiger partial charge in [0.1, 0.15) is 43.1 Å². The molecule has 4 amide bonds. The van der Waals surface area contributed by atoms with E-state index in [1.807, 2.05) is 78.9 Å². The highest BCUT2D eigenvalue weighted by Gasteiger charge is 2.31. The molecule has 0 radical (unpaired) electrons. The summed E-state index contributed by atoms with van der Waals surface area (Å²) in [5, 5.41) is 10.4. The van der Waals surface area contributed by atoms with Crippen LogP contribution in [-0.4, -0.2) is 75.7 Å². The second kappa shape index (κ2) is 21.9. The molecular weight excluding hydrogens is 732 g/mol. The smallest absolute Gasteiger partial charge is 0.408 e. The third-order valence-corrected chi connectivity index (χ3v) is 8.18. The van der Waals surface area contributed by atoms with Gasteiger partial charge in [0.25, 0.3) is 0 Å². The van der Waals surface area contributed by atoms with E-state index >= 15 is 0 Å². The number of nitrogens with one attached hydrogen (secondary N) is 4. The first kappa shape index (κ1) is 43.7. The topological polar surface area (TPSA) is 188 Å². The highest BCUT2D eigenvalue weighted by Crippen LogP contribution is 2.10. The molecule has 0 fully saturated rings. The van der Waals surface area contributed by atoms with E-state index in [0.29, 0.717) is 12.3 Å². The molecule has 0 spiro atoms. The Balaban J connectivity index is 1.39. The molecule has 15 heteroatoms. The molecule has 15 nitrogen and oxygen atoms in total. The number of carbonyl (C=O) groups excluding carboxylic acids is 5. The SMILES string of the molecule is C[C@@H](NC(=O)[C@H](Cc1cn(COCc2ccccc2)cn1)NC(=O)OC(C)(C)C)C(=O)N[C@@H](COCc1ccccc1)C(=O)N[C@H](C)C(=O)OCc1ccccc1. The average molecular weight is 785 g/mol. The van der Waals surface area contributed by atoms with Crippen LogP contribution < -0.4 is 21.3 Å². The third kappa shape index (κ3) is 15.9. The zero-order valence-corrected chi connectivity index (χ0v) is 32.9. The molecule has 0 unspecified atom stereocenters. The maximum absolute atomic E-state index is 13.7. The van der Waals surface area contributed by atoms with Crippen LogP contribution >= 0.6 is 0 Å². The molecule has 57 heavy (non-hydrogen) atoms. The molecule has 1 aromatic heterocycles. The van der Waals surface area contributed by atoms with E-state index in [-0.39, 0.29) is 33.0 Å². The highest BCUT2D eigenvalue weighted by atomic mass is 16.6. The molecule has 4 rings (SSSR count). The Kier molecular flexibility index (Phi) is 16.8. The van der Waals surface area contributed by atoms with Gasteiger partial charge in [0.2, 0.25) is 17.7 Å². The van der Waals surface area contributed by atoms with E-state index in [1.165, 1.54) is 13.8 Å². The van der Waals surface area contributed by atoms with Gasteiger partial charge in [-0.05, 0) is 51.3 Å². The van der Waals surface area contributed by atoms with Gasteiger partial charge < -0.3 is 44.8 Å². The molecule has 4 aromatic rings. The number of imidazole rings is 1. The predicted octanol–water partition coefficient (Wildman–Crippen LogP) is 3.95. The Morgan fingerprint density at radius 3 is 1.75 bits per heavy atom. The lowest BCUT2D eigenvalue weighted by molar-refractivity contribution is -0.149. The van der Waals surface area contributed by atoms with Gasteiger partial charge >= 0.3 is 12.1 Å². The summed E-state index contributed by atoms with van der Waals surface area (Å²) in [6.07, 6.45) is 2.36. The fourth-order valence-electron chi connectivity index (χ4n) is 5.25. The molecule has 0 saturated carbocycles. The van der Waals surface area contributed by atoms with Crippen LogP contribution in [0.1, 0.15) is 57.0 Å². The van der Waals surface area contributed by atoms with Crippen LogP contribution in [0.3, 0.4) is 0 Å². The molecule has 0 aliphatic heterocycles. The first-order valence-corrected chi connectivity index (χ1v) is 18.6. The molecule has 0 saturated heterocycles. The van der Waals surface area contributed by atoms with Crippen molar-refractivity contribution in [3.8, 4) is 0 Å². The molecule has 304 valence electrons. The molecular formula is C42H52N6O9. The molecule has 4 N–H and O–H groups in total. The van der Waals surface area contributed by atoms with Crippen LogP contribution in [0.4, 0.5) is 4.79 Å². The van der Waals surface area contributed by atoms with E-state index in [9.17, 15) is 24.0 Å². The van der Waals surface area contributed by atoms with Gasteiger partial charge in [-0.1, -0.05) is 91.0 Å². The summed E-state index contributed by atoms with van der Waals surface area (Å²) in [6.45, 7) is 8.48. The summed E-state index contributed by atoms with van der Waals surface area (Å²) in [6, 6.07) is 23.3. The molecule has 4 atom stereocenters. The lowest BCUT2D eigenvalue weighted by atomic mass is 10.1. The van der Waals surface area contributed by atoms with Crippen LogP contribution in [0.5, 0.6) is 0 Å². The summed E-state index contributed by atoms with van der Waals surface area (Å²) in [7, 11) is 0. The number of benzene rings is 3. The first-order valence-electron chi connectivity index (χ1n) is 18.6. The van der Waals surface area contributed by atoms with Crippen molar-refractivity contribution in [1.29, 1.82) is 0 Å².